The minimum Gasteiger partial charge on any atom is -0.304 e. The first-order valence-electron chi connectivity index (χ1n) is 8.50. The van der Waals surface area contributed by atoms with E-state index in [9.17, 15) is 0 Å². The van der Waals surface area contributed by atoms with Crippen LogP contribution in [0.3, 0.4) is 0 Å². The molecule has 1 fully saturated rings. The van der Waals surface area contributed by atoms with Crippen LogP contribution in [0.25, 0.3) is 16.8 Å². The van der Waals surface area contributed by atoms with E-state index in [1.807, 2.05) is 29.9 Å². The Morgan fingerprint density at radius 1 is 1.08 bits per heavy atom. The van der Waals surface area contributed by atoms with Crippen LogP contribution in [0.4, 0.5) is 0 Å². The molecule has 3 aromatic rings. The molecule has 0 atom stereocenters. The lowest BCUT2D eigenvalue weighted by molar-refractivity contribution is 0.148. The van der Waals surface area contributed by atoms with Crippen molar-refractivity contribution in [3.05, 3.63) is 54.0 Å². The maximum Gasteiger partial charge on any atom is 0.163 e. The topological polar surface area (TPSA) is 36.7 Å². The van der Waals surface area contributed by atoms with Crippen molar-refractivity contribution < 1.29 is 0 Å². The van der Waals surface area contributed by atoms with E-state index in [-0.39, 0.29) is 0 Å². The molecule has 1 saturated heterocycles. The molecule has 0 radical (unpaired) electrons. The molecule has 5 heteroatoms. The molecule has 0 bridgehead atoms. The first-order valence-corrected chi connectivity index (χ1v) is 8.50. The molecule has 1 aromatic carbocycles. The van der Waals surface area contributed by atoms with E-state index in [0.717, 1.165) is 49.6 Å². The molecule has 5 nitrogen and oxygen atoms in total. The Morgan fingerprint density at radius 3 is 2.75 bits per heavy atom. The van der Waals surface area contributed by atoms with Gasteiger partial charge in [-0.15, -0.1) is 0 Å². The smallest absolute Gasteiger partial charge is 0.163 e. The SMILES string of the molecule is Cc1ccn2ncc(-c3cccc(CN4CCN(C)CC4)c3)c2n1. The molecule has 1 aliphatic rings. The zero-order valence-corrected chi connectivity index (χ0v) is 14.3. The third-order valence-corrected chi connectivity index (χ3v) is 4.75. The second-order valence-corrected chi connectivity index (χ2v) is 6.68. The largest absolute Gasteiger partial charge is 0.304 e. The second kappa shape index (κ2) is 6.34. The van der Waals surface area contributed by atoms with Crippen LogP contribution >= 0.6 is 0 Å². The van der Waals surface area contributed by atoms with E-state index in [0.29, 0.717) is 0 Å². The average Bonchev–Trinajstić information content (AvgIpc) is 3.00. The van der Waals surface area contributed by atoms with E-state index in [1.54, 1.807) is 0 Å². The van der Waals surface area contributed by atoms with Crippen molar-refractivity contribution in [3.63, 3.8) is 0 Å². The summed E-state index contributed by atoms with van der Waals surface area (Å²) in [6, 6.07) is 10.8. The van der Waals surface area contributed by atoms with Gasteiger partial charge in [0.05, 0.1) is 6.20 Å². The molecule has 0 spiro atoms. The van der Waals surface area contributed by atoms with Crippen LogP contribution < -0.4 is 0 Å². The summed E-state index contributed by atoms with van der Waals surface area (Å²) >= 11 is 0. The Labute approximate surface area is 142 Å². The predicted octanol–water partition coefficient (Wildman–Crippen LogP) is 2.45. The first kappa shape index (κ1) is 15.3. The Bertz CT molecular complexity index is 846. The first-order chi connectivity index (χ1) is 11.7. The van der Waals surface area contributed by atoms with Gasteiger partial charge in [0.15, 0.2) is 5.65 Å². The van der Waals surface area contributed by atoms with Crippen LogP contribution in [0.15, 0.2) is 42.7 Å². The lowest BCUT2D eigenvalue weighted by Gasteiger charge is -2.32. The van der Waals surface area contributed by atoms with Crippen LogP contribution in [0.1, 0.15) is 11.3 Å². The van der Waals surface area contributed by atoms with E-state index in [2.05, 4.69) is 51.2 Å². The third kappa shape index (κ3) is 3.05. The third-order valence-electron chi connectivity index (χ3n) is 4.75. The number of aryl methyl sites for hydroxylation is 1. The summed E-state index contributed by atoms with van der Waals surface area (Å²) in [7, 11) is 2.19. The van der Waals surface area contributed by atoms with Crippen LogP contribution in [0, 0.1) is 6.92 Å². The van der Waals surface area contributed by atoms with Gasteiger partial charge in [0.25, 0.3) is 0 Å². The van der Waals surface area contributed by atoms with Gasteiger partial charge in [-0.1, -0.05) is 18.2 Å². The van der Waals surface area contributed by atoms with Crippen LogP contribution in [0.5, 0.6) is 0 Å². The Balaban J connectivity index is 1.61. The minimum absolute atomic E-state index is 0.923. The summed E-state index contributed by atoms with van der Waals surface area (Å²) < 4.78 is 1.84. The lowest BCUT2D eigenvalue weighted by atomic mass is 10.1. The highest BCUT2D eigenvalue weighted by Crippen LogP contribution is 2.25. The van der Waals surface area contributed by atoms with Crippen molar-refractivity contribution in [1.82, 2.24) is 24.4 Å². The maximum atomic E-state index is 4.65. The second-order valence-electron chi connectivity index (χ2n) is 6.68. The summed E-state index contributed by atoms with van der Waals surface area (Å²) in [5, 5.41) is 4.43. The molecular weight excluding hydrogens is 298 g/mol. The molecule has 2 aromatic heterocycles. The van der Waals surface area contributed by atoms with Crippen molar-refractivity contribution >= 4 is 5.65 Å². The normalized spacial score (nSPS) is 16.8. The number of hydrogen-bond donors (Lipinski definition) is 0. The van der Waals surface area contributed by atoms with E-state index in [4.69, 9.17) is 0 Å². The summed E-state index contributed by atoms with van der Waals surface area (Å²) in [5.41, 5.74) is 5.57. The standard InChI is InChI=1S/C19H23N5/c1-15-6-7-24-19(21-15)18(13-20-24)17-5-3-4-16(12-17)14-23-10-8-22(2)9-11-23/h3-7,12-13H,8-11,14H2,1-2H3. The van der Waals surface area contributed by atoms with E-state index < -0.39 is 0 Å². The van der Waals surface area contributed by atoms with Gasteiger partial charge in [-0.3, -0.25) is 4.90 Å². The number of aromatic nitrogens is 3. The predicted molar refractivity (Wildman–Crippen MR) is 95.9 cm³/mol. The molecule has 3 heterocycles. The lowest BCUT2D eigenvalue weighted by Crippen LogP contribution is -2.43. The average molecular weight is 321 g/mol. The summed E-state index contributed by atoms with van der Waals surface area (Å²) in [6.45, 7) is 7.60. The molecule has 24 heavy (non-hydrogen) atoms. The van der Waals surface area contributed by atoms with E-state index in [1.165, 1.54) is 11.1 Å². The Hall–Kier alpha value is -2.24. The van der Waals surface area contributed by atoms with Gasteiger partial charge in [0.1, 0.15) is 0 Å². The maximum absolute atomic E-state index is 4.65. The molecule has 0 N–H and O–H groups in total. The molecule has 1 aliphatic heterocycles. The van der Waals surface area contributed by atoms with Crippen molar-refractivity contribution in [2.75, 3.05) is 33.2 Å². The number of likely N-dealkylation sites (N-methyl/N-ethyl adjacent to an activating group) is 1. The van der Waals surface area contributed by atoms with Crippen LogP contribution in [0.2, 0.25) is 0 Å². The zero-order chi connectivity index (χ0) is 16.5. The molecule has 0 aliphatic carbocycles. The van der Waals surface area contributed by atoms with Gasteiger partial charge in [0, 0.05) is 50.2 Å². The number of hydrogen-bond acceptors (Lipinski definition) is 4. The molecule has 124 valence electrons. The van der Waals surface area contributed by atoms with Crippen molar-refractivity contribution in [1.29, 1.82) is 0 Å². The number of nitrogens with zero attached hydrogens (tertiary/aromatic N) is 5. The van der Waals surface area contributed by atoms with Crippen molar-refractivity contribution in [2.24, 2.45) is 0 Å². The summed E-state index contributed by atoms with van der Waals surface area (Å²) in [6.07, 6.45) is 3.88. The highest BCUT2D eigenvalue weighted by atomic mass is 15.2. The van der Waals surface area contributed by atoms with Gasteiger partial charge < -0.3 is 4.90 Å². The van der Waals surface area contributed by atoms with Gasteiger partial charge in [-0.05, 0) is 37.2 Å². The molecule has 0 amide bonds. The number of fused-ring (bicyclic) bond motifs is 1. The fraction of sp³-hybridized carbons (Fsp3) is 0.368. The van der Waals surface area contributed by atoms with E-state index >= 15 is 0 Å². The fourth-order valence-electron chi connectivity index (χ4n) is 3.26. The molecule has 0 saturated carbocycles. The van der Waals surface area contributed by atoms with Gasteiger partial charge in [0.2, 0.25) is 0 Å². The summed E-state index contributed by atoms with van der Waals surface area (Å²) in [5.74, 6) is 0. The Morgan fingerprint density at radius 2 is 1.92 bits per heavy atom. The molecule has 4 rings (SSSR count). The zero-order valence-electron chi connectivity index (χ0n) is 14.3. The van der Waals surface area contributed by atoms with Gasteiger partial charge >= 0.3 is 0 Å². The quantitative estimate of drug-likeness (QED) is 0.742. The molecular formula is C19H23N5. The van der Waals surface area contributed by atoms with Crippen LogP contribution in [-0.4, -0.2) is 57.6 Å². The van der Waals surface area contributed by atoms with Crippen molar-refractivity contribution in [3.8, 4) is 11.1 Å². The van der Waals surface area contributed by atoms with Gasteiger partial charge in [-0.25, -0.2) is 9.50 Å². The monoisotopic (exact) mass is 321 g/mol. The highest BCUT2D eigenvalue weighted by molar-refractivity contribution is 5.77. The number of benzene rings is 1. The summed E-state index contributed by atoms with van der Waals surface area (Å²) in [4.78, 5) is 9.56. The number of rotatable bonds is 3. The Kier molecular flexibility index (Phi) is 4.04. The minimum atomic E-state index is 0.923. The fourth-order valence-corrected chi connectivity index (χ4v) is 3.26. The van der Waals surface area contributed by atoms with Crippen LogP contribution in [-0.2, 0) is 6.54 Å². The number of piperazine rings is 1. The van der Waals surface area contributed by atoms with Crippen molar-refractivity contribution in [2.45, 2.75) is 13.5 Å². The highest BCUT2D eigenvalue weighted by Gasteiger charge is 2.14. The van der Waals surface area contributed by atoms with Gasteiger partial charge in [-0.2, -0.15) is 5.10 Å². The molecule has 0 unspecified atom stereocenters.